The minimum Gasteiger partial charge on any atom is -0.493 e. The third-order valence-electron chi connectivity index (χ3n) is 1.67. The predicted octanol–water partition coefficient (Wildman–Crippen LogP) is 3.30. The molecule has 0 bridgehead atoms. The molecule has 76 valence electrons. The largest absolute Gasteiger partial charge is 0.493 e. The van der Waals surface area contributed by atoms with Crippen molar-refractivity contribution >= 4 is 22.2 Å². The Bertz CT molecular complexity index is 321. The van der Waals surface area contributed by atoms with Gasteiger partial charge in [0.25, 0.3) is 0 Å². The van der Waals surface area contributed by atoms with E-state index in [9.17, 15) is 4.79 Å². The third kappa shape index (κ3) is 3.14. The van der Waals surface area contributed by atoms with Gasteiger partial charge in [-0.1, -0.05) is 29.8 Å². The van der Waals surface area contributed by atoms with Crippen LogP contribution in [0.4, 0.5) is 0 Å². The van der Waals surface area contributed by atoms with Gasteiger partial charge in [-0.05, 0) is 24.1 Å². The molecule has 1 rings (SSSR count). The molecular weight excluding hydrogens is 244 g/mol. The average Bonchev–Trinajstić information content (AvgIpc) is 2.15. The maximum atomic E-state index is 10.7. The molecule has 1 aromatic rings. The molecule has 0 aliphatic heterocycles. The first-order chi connectivity index (χ1) is 6.63. The van der Waals surface area contributed by atoms with Crippen molar-refractivity contribution < 1.29 is 9.53 Å². The Balaban J connectivity index is 2.82. The van der Waals surface area contributed by atoms with Crippen molar-refractivity contribution in [3.63, 3.8) is 0 Å². The molecule has 0 atom stereocenters. The second kappa shape index (κ2) is 5.15. The van der Waals surface area contributed by atoms with E-state index >= 15 is 0 Å². The van der Waals surface area contributed by atoms with E-state index in [0.717, 1.165) is 10.8 Å². The first-order valence-electron chi connectivity index (χ1n) is 4.51. The molecule has 0 aromatic heterocycles. The molecule has 0 amide bonds. The zero-order valence-electron chi connectivity index (χ0n) is 8.29. The Kier molecular flexibility index (Phi) is 4.14. The van der Waals surface area contributed by atoms with Crippen molar-refractivity contribution in [2.24, 2.45) is 5.92 Å². The van der Waals surface area contributed by atoms with E-state index in [1.165, 1.54) is 0 Å². The van der Waals surface area contributed by atoms with E-state index < -0.39 is 0 Å². The standard InChI is InChI=1S/C11H13BrO2/c1-8(2)7-14-11-5-10(12)4-3-9(11)6-13/h3-6,8H,7H2,1-2H3. The van der Waals surface area contributed by atoms with Gasteiger partial charge in [-0.15, -0.1) is 0 Å². The lowest BCUT2D eigenvalue weighted by molar-refractivity contribution is 0.111. The predicted molar refractivity (Wildman–Crippen MR) is 59.9 cm³/mol. The quantitative estimate of drug-likeness (QED) is 0.773. The van der Waals surface area contributed by atoms with E-state index in [-0.39, 0.29) is 0 Å². The molecule has 0 N–H and O–H groups in total. The molecule has 0 radical (unpaired) electrons. The second-order valence-corrected chi connectivity index (χ2v) is 4.42. The summed E-state index contributed by atoms with van der Waals surface area (Å²) < 4.78 is 6.43. The van der Waals surface area contributed by atoms with Crippen LogP contribution < -0.4 is 4.74 Å². The van der Waals surface area contributed by atoms with Crippen LogP contribution in [0.5, 0.6) is 5.75 Å². The van der Waals surface area contributed by atoms with E-state index in [0.29, 0.717) is 23.8 Å². The zero-order chi connectivity index (χ0) is 10.6. The minimum absolute atomic E-state index is 0.452. The fourth-order valence-electron chi connectivity index (χ4n) is 0.987. The molecule has 2 nitrogen and oxygen atoms in total. The third-order valence-corrected chi connectivity index (χ3v) is 2.17. The Morgan fingerprint density at radius 1 is 1.50 bits per heavy atom. The van der Waals surface area contributed by atoms with Gasteiger partial charge >= 0.3 is 0 Å². The van der Waals surface area contributed by atoms with Crippen LogP contribution in [0.2, 0.25) is 0 Å². The number of carbonyl (C=O) groups is 1. The maximum absolute atomic E-state index is 10.7. The van der Waals surface area contributed by atoms with Gasteiger partial charge in [0.05, 0.1) is 12.2 Å². The number of benzene rings is 1. The summed E-state index contributed by atoms with van der Waals surface area (Å²) in [5.41, 5.74) is 0.592. The molecule has 1 aromatic carbocycles. The highest BCUT2D eigenvalue weighted by molar-refractivity contribution is 9.10. The molecule has 0 aliphatic rings. The van der Waals surface area contributed by atoms with Gasteiger partial charge in [0.15, 0.2) is 6.29 Å². The number of hydrogen-bond acceptors (Lipinski definition) is 2. The van der Waals surface area contributed by atoms with Gasteiger partial charge in [-0.2, -0.15) is 0 Å². The van der Waals surface area contributed by atoms with E-state index in [1.54, 1.807) is 6.07 Å². The summed E-state index contributed by atoms with van der Waals surface area (Å²) in [6, 6.07) is 5.38. The van der Waals surface area contributed by atoms with Crippen molar-refractivity contribution in [1.82, 2.24) is 0 Å². The smallest absolute Gasteiger partial charge is 0.153 e. The summed E-state index contributed by atoms with van der Waals surface area (Å²) in [4.78, 5) is 10.7. The molecule has 0 unspecified atom stereocenters. The normalized spacial score (nSPS) is 10.3. The van der Waals surface area contributed by atoms with Crippen LogP contribution in [0.25, 0.3) is 0 Å². The summed E-state index contributed by atoms with van der Waals surface area (Å²) in [5.74, 6) is 1.09. The van der Waals surface area contributed by atoms with Crippen molar-refractivity contribution in [3.05, 3.63) is 28.2 Å². The summed E-state index contributed by atoms with van der Waals surface area (Å²) in [5, 5.41) is 0. The van der Waals surface area contributed by atoms with Crippen LogP contribution in [0, 0.1) is 5.92 Å². The molecule has 0 aliphatic carbocycles. The summed E-state index contributed by atoms with van der Waals surface area (Å²) >= 11 is 3.34. The Morgan fingerprint density at radius 3 is 2.79 bits per heavy atom. The monoisotopic (exact) mass is 256 g/mol. The SMILES string of the molecule is CC(C)COc1cc(Br)ccc1C=O. The highest BCUT2D eigenvalue weighted by Crippen LogP contribution is 2.22. The van der Waals surface area contributed by atoms with Gasteiger partial charge in [-0.25, -0.2) is 0 Å². The first kappa shape index (κ1) is 11.2. The van der Waals surface area contributed by atoms with Crippen molar-refractivity contribution in [3.8, 4) is 5.75 Å². The lowest BCUT2D eigenvalue weighted by Gasteiger charge is -2.10. The Morgan fingerprint density at radius 2 is 2.21 bits per heavy atom. The lowest BCUT2D eigenvalue weighted by atomic mass is 10.2. The summed E-state index contributed by atoms with van der Waals surface area (Å²) in [6.45, 7) is 4.76. The van der Waals surface area contributed by atoms with Gasteiger partial charge < -0.3 is 4.74 Å². The van der Waals surface area contributed by atoms with Gasteiger partial charge in [0.2, 0.25) is 0 Å². The minimum atomic E-state index is 0.452. The van der Waals surface area contributed by atoms with Gasteiger partial charge in [-0.3, -0.25) is 4.79 Å². The van der Waals surface area contributed by atoms with Crippen molar-refractivity contribution in [2.45, 2.75) is 13.8 Å². The van der Waals surface area contributed by atoms with E-state index in [2.05, 4.69) is 29.8 Å². The molecular formula is C11H13BrO2. The van der Waals surface area contributed by atoms with Crippen LogP contribution in [0.1, 0.15) is 24.2 Å². The first-order valence-corrected chi connectivity index (χ1v) is 5.30. The van der Waals surface area contributed by atoms with Crippen LogP contribution in [-0.2, 0) is 0 Å². The molecule has 0 saturated carbocycles. The highest BCUT2D eigenvalue weighted by Gasteiger charge is 2.04. The fourth-order valence-corrected chi connectivity index (χ4v) is 1.33. The van der Waals surface area contributed by atoms with E-state index in [1.807, 2.05) is 12.1 Å². The number of halogens is 1. The van der Waals surface area contributed by atoms with Crippen LogP contribution in [-0.4, -0.2) is 12.9 Å². The molecule has 0 heterocycles. The fraction of sp³-hybridized carbons (Fsp3) is 0.364. The average molecular weight is 257 g/mol. The number of aldehydes is 1. The van der Waals surface area contributed by atoms with Crippen molar-refractivity contribution in [2.75, 3.05) is 6.61 Å². The Hall–Kier alpha value is -0.830. The van der Waals surface area contributed by atoms with Gasteiger partial charge in [0, 0.05) is 4.47 Å². The van der Waals surface area contributed by atoms with E-state index in [4.69, 9.17) is 4.74 Å². The highest BCUT2D eigenvalue weighted by atomic mass is 79.9. The van der Waals surface area contributed by atoms with Crippen LogP contribution in [0.15, 0.2) is 22.7 Å². The summed E-state index contributed by atoms with van der Waals surface area (Å²) in [7, 11) is 0. The molecule has 3 heteroatoms. The summed E-state index contributed by atoms with van der Waals surface area (Å²) in [6.07, 6.45) is 0.808. The maximum Gasteiger partial charge on any atom is 0.153 e. The molecule has 0 fully saturated rings. The van der Waals surface area contributed by atoms with Gasteiger partial charge in [0.1, 0.15) is 5.75 Å². The van der Waals surface area contributed by atoms with Crippen LogP contribution in [0.3, 0.4) is 0 Å². The number of rotatable bonds is 4. The number of ether oxygens (including phenoxy) is 1. The lowest BCUT2D eigenvalue weighted by Crippen LogP contribution is -2.06. The van der Waals surface area contributed by atoms with Crippen molar-refractivity contribution in [1.29, 1.82) is 0 Å². The Labute approximate surface area is 92.4 Å². The number of carbonyl (C=O) groups excluding carboxylic acids is 1. The molecule has 14 heavy (non-hydrogen) atoms. The number of hydrogen-bond donors (Lipinski definition) is 0. The topological polar surface area (TPSA) is 26.3 Å². The molecule has 0 spiro atoms. The second-order valence-electron chi connectivity index (χ2n) is 3.50. The molecule has 0 saturated heterocycles. The zero-order valence-corrected chi connectivity index (χ0v) is 9.87. The van der Waals surface area contributed by atoms with Crippen LogP contribution >= 0.6 is 15.9 Å².